The zero-order valence-corrected chi connectivity index (χ0v) is 14.1. The Morgan fingerprint density at radius 3 is 2.50 bits per heavy atom. The molecule has 2 rings (SSSR count). The zero-order valence-electron chi connectivity index (χ0n) is 13.3. The third kappa shape index (κ3) is 4.70. The van der Waals surface area contributed by atoms with Crippen molar-refractivity contribution in [2.75, 3.05) is 5.32 Å². The molecule has 0 fully saturated rings. The number of halogens is 3. The number of carbonyl (C=O) groups is 1. The molecule has 0 aliphatic carbocycles. The minimum Gasteiger partial charge on any atom is -0.325 e. The van der Waals surface area contributed by atoms with Gasteiger partial charge in [0.1, 0.15) is 10.9 Å². The van der Waals surface area contributed by atoms with Gasteiger partial charge in [0.15, 0.2) is 0 Å². The molecular formula is C16H16F3N3OS. The first-order valence-electron chi connectivity index (χ1n) is 7.13. The highest BCUT2D eigenvalue weighted by Gasteiger charge is 2.33. The van der Waals surface area contributed by atoms with Gasteiger partial charge in [0.05, 0.1) is 16.5 Å². The smallest absolute Gasteiger partial charge is 0.325 e. The quantitative estimate of drug-likeness (QED) is 0.659. The van der Waals surface area contributed by atoms with Crippen molar-refractivity contribution in [2.24, 2.45) is 0 Å². The fraction of sp³-hybridized carbons (Fsp3) is 0.312. The van der Waals surface area contributed by atoms with Gasteiger partial charge in [0.2, 0.25) is 5.91 Å². The van der Waals surface area contributed by atoms with Crippen molar-refractivity contribution >= 4 is 23.4 Å². The number of alkyl halides is 3. The van der Waals surface area contributed by atoms with Gasteiger partial charge < -0.3 is 5.32 Å². The first-order chi connectivity index (χ1) is 11.2. The first kappa shape index (κ1) is 18.3. The van der Waals surface area contributed by atoms with Crippen LogP contribution in [0.15, 0.2) is 35.4 Å². The molecule has 0 bridgehead atoms. The average molecular weight is 355 g/mol. The molecule has 8 heteroatoms. The van der Waals surface area contributed by atoms with Crippen LogP contribution in [0.3, 0.4) is 0 Å². The monoisotopic (exact) mass is 355 g/mol. The molecule has 0 saturated carbocycles. The number of amides is 1. The van der Waals surface area contributed by atoms with Gasteiger partial charge in [0, 0.05) is 5.69 Å². The van der Waals surface area contributed by atoms with Crippen LogP contribution < -0.4 is 5.32 Å². The number of rotatable bonds is 4. The van der Waals surface area contributed by atoms with Gasteiger partial charge in [0.25, 0.3) is 0 Å². The number of aromatic nitrogens is 2. The van der Waals surface area contributed by atoms with Gasteiger partial charge in [-0.05, 0) is 39.0 Å². The first-order valence-corrected chi connectivity index (χ1v) is 8.01. The summed E-state index contributed by atoms with van der Waals surface area (Å²) in [4.78, 5) is 20.6. The van der Waals surface area contributed by atoms with Crippen molar-refractivity contribution in [1.82, 2.24) is 9.97 Å². The van der Waals surface area contributed by atoms with E-state index in [9.17, 15) is 18.0 Å². The van der Waals surface area contributed by atoms with Crippen LogP contribution in [0.4, 0.5) is 18.9 Å². The standard InChI is InChI=1S/C16H16F3N3OS/c1-9-8-14(21-11(3)20-9)24-10(2)15(23)22-13-7-5-4-6-12(13)16(17,18)19/h4-8,10H,1-3H3,(H,22,23)/t10-/m0/s1. The lowest BCUT2D eigenvalue weighted by atomic mass is 10.1. The van der Waals surface area contributed by atoms with Crippen molar-refractivity contribution in [3.63, 3.8) is 0 Å². The normalized spacial score (nSPS) is 12.8. The van der Waals surface area contributed by atoms with E-state index < -0.39 is 22.9 Å². The van der Waals surface area contributed by atoms with Gasteiger partial charge in [-0.25, -0.2) is 9.97 Å². The van der Waals surface area contributed by atoms with E-state index in [0.29, 0.717) is 10.9 Å². The molecule has 128 valence electrons. The van der Waals surface area contributed by atoms with Gasteiger partial charge >= 0.3 is 6.18 Å². The minimum atomic E-state index is -4.53. The van der Waals surface area contributed by atoms with Crippen molar-refractivity contribution < 1.29 is 18.0 Å². The van der Waals surface area contributed by atoms with E-state index >= 15 is 0 Å². The van der Waals surface area contributed by atoms with Crippen molar-refractivity contribution in [2.45, 2.75) is 37.2 Å². The van der Waals surface area contributed by atoms with E-state index in [1.807, 2.05) is 6.92 Å². The van der Waals surface area contributed by atoms with E-state index in [2.05, 4.69) is 15.3 Å². The maximum Gasteiger partial charge on any atom is 0.418 e. The third-order valence-corrected chi connectivity index (χ3v) is 4.12. The molecule has 0 radical (unpaired) electrons. The van der Waals surface area contributed by atoms with Crippen molar-refractivity contribution in [3.8, 4) is 0 Å². The average Bonchev–Trinajstić information content (AvgIpc) is 2.45. The Bertz CT molecular complexity index is 729. The van der Waals surface area contributed by atoms with Gasteiger partial charge in [-0.3, -0.25) is 4.79 Å². The summed E-state index contributed by atoms with van der Waals surface area (Å²) in [6.45, 7) is 5.16. The van der Waals surface area contributed by atoms with Crippen LogP contribution in [0.1, 0.15) is 24.0 Å². The van der Waals surface area contributed by atoms with Crippen LogP contribution >= 0.6 is 11.8 Å². The predicted molar refractivity (Wildman–Crippen MR) is 86.9 cm³/mol. The number of nitrogens with one attached hydrogen (secondary N) is 1. The predicted octanol–water partition coefficient (Wildman–Crippen LogP) is 4.23. The molecule has 0 spiro atoms. The Morgan fingerprint density at radius 1 is 1.21 bits per heavy atom. The molecule has 24 heavy (non-hydrogen) atoms. The van der Waals surface area contributed by atoms with E-state index in [1.165, 1.54) is 30.0 Å². The highest BCUT2D eigenvalue weighted by Crippen LogP contribution is 2.35. The Kier molecular flexibility index (Phi) is 5.48. The fourth-order valence-electron chi connectivity index (χ4n) is 2.05. The topological polar surface area (TPSA) is 54.9 Å². The molecule has 0 unspecified atom stereocenters. The molecule has 1 N–H and O–H groups in total. The molecule has 0 aliphatic rings. The molecular weight excluding hydrogens is 339 g/mol. The summed E-state index contributed by atoms with van der Waals surface area (Å²) < 4.78 is 38.9. The van der Waals surface area contributed by atoms with E-state index in [1.54, 1.807) is 19.9 Å². The van der Waals surface area contributed by atoms with Crippen molar-refractivity contribution in [1.29, 1.82) is 0 Å². The maximum absolute atomic E-state index is 13.0. The minimum absolute atomic E-state index is 0.252. The SMILES string of the molecule is Cc1cc(S[C@@H](C)C(=O)Nc2ccccc2C(F)(F)F)nc(C)n1. The largest absolute Gasteiger partial charge is 0.418 e. The Labute approximate surface area is 141 Å². The number of anilines is 1. The molecule has 2 aromatic rings. The van der Waals surface area contributed by atoms with Crippen LogP contribution in [0.2, 0.25) is 0 Å². The second kappa shape index (κ2) is 7.21. The molecule has 1 aromatic carbocycles. The molecule has 4 nitrogen and oxygen atoms in total. The number of carbonyl (C=O) groups excluding carboxylic acids is 1. The van der Waals surface area contributed by atoms with Gasteiger partial charge in [-0.2, -0.15) is 13.2 Å². The fourth-order valence-corrected chi connectivity index (χ4v) is 3.00. The second-order valence-electron chi connectivity index (χ2n) is 5.19. The molecule has 1 aromatic heterocycles. The lowest BCUT2D eigenvalue weighted by molar-refractivity contribution is -0.137. The molecule has 0 aliphatic heterocycles. The summed E-state index contributed by atoms with van der Waals surface area (Å²) in [6, 6.07) is 6.62. The molecule has 1 atom stereocenters. The summed E-state index contributed by atoms with van der Waals surface area (Å²) in [7, 11) is 0. The number of nitrogens with zero attached hydrogens (tertiary/aromatic N) is 2. The number of thioether (sulfide) groups is 1. The summed E-state index contributed by atoms with van der Waals surface area (Å²) in [5.41, 5.74) is -0.359. The van der Waals surface area contributed by atoms with E-state index in [0.717, 1.165) is 11.8 Å². The van der Waals surface area contributed by atoms with Crippen LogP contribution in [-0.4, -0.2) is 21.1 Å². The number of hydrogen-bond acceptors (Lipinski definition) is 4. The zero-order chi connectivity index (χ0) is 17.9. The Morgan fingerprint density at radius 2 is 1.88 bits per heavy atom. The lowest BCUT2D eigenvalue weighted by Crippen LogP contribution is -2.24. The molecule has 0 saturated heterocycles. The maximum atomic E-state index is 13.0. The molecule has 1 amide bonds. The van der Waals surface area contributed by atoms with Crippen LogP contribution in [0, 0.1) is 13.8 Å². The van der Waals surface area contributed by atoms with Gasteiger partial charge in [-0.15, -0.1) is 0 Å². The highest BCUT2D eigenvalue weighted by molar-refractivity contribution is 8.00. The molecule has 1 heterocycles. The van der Waals surface area contributed by atoms with Crippen LogP contribution in [0.5, 0.6) is 0 Å². The number of para-hydroxylation sites is 1. The van der Waals surface area contributed by atoms with Gasteiger partial charge in [-0.1, -0.05) is 23.9 Å². The Balaban J connectivity index is 2.12. The Hall–Kier alpha value is -2.09. The van der Waals surface area contributed by atoms with Crippen LogP contribution in [-0.2, 0) is 11.0 Å². The third-order valence-electron chi connectivity index (χ3n) is 3.10. The van der Waals surface area contributed by atoms with Crippen molar-refractivity contribution in [3.05, 3.63) is 47.4 Å². The van der Waals surface area contributed by atoms with E-state index in [4.69, 9.17) is 0 Å². The second-order valence-corrected chi connectivity index (χ2v) is 6.55. The summed E-state index contributed by atoms with van der Waals surface area (Å²) >= 11 is 1.17. The number of hydrogen-bond donors (Lipinski definition) is 1. The number of benzene rings is 1. The van der Waals surface area contributed by atoms with Crippen LogP contribution in [0.25, 0.3) is 0 Å². The highest BCUT2D eigenvalue weighted by atomic mass is 32.2. The lowest BCUT2D eigenvalue weighted by Gasteiger charge is -2.16. The summed E-state index contributed by atoms with van der Waals surface area (Å²) in [5, 5.41) is 2.34. The summed E-state index contributed by atoms with van der Waals surface area (Å²) in [5.74, 6) is 0.0538. The number of aryl methyl sites for hydroxylation is 2. The van der Waals surface area contributed by atoms with E-state index in [-0.39, 0.29) is 5.69 Å². The summed E-state index contributed by atoms with van der Waals surface area (Å²) in [6.07, 6.45) is -4.53.